The van der Waals surface area contributed by atoms with Crippen molar-refractivity contribution in [1.29, 1.82) is 0 Å². The van der Waals surface area contributed by atoms with Gasteiger partial charge in [0, 0.05) is 13.1 Å². The van der Waals surface area contributed by atoms with Crippen LogP contribution in [0.2, 0.25) is 0 Å². The Morgan fingerprint density at radius 2 is 2.31 bits per heavy atom. The molecule has 2 rings (SSSR count). The molecular formula is C10H18N2O. The van der Waals surface area contributed by atoms with Crippen LogP contribution in [0.15, 0.2) is 0 Å². The predicted octanol–water partition coefficient (Wildman–Crippen LogP) is 0.497. The number of rotatable bonds is 3. The molecule has 0 aromatic rings. The third-order valence-electron chi connectivity index (χ3n) is 3.51. The van der Waals surface area contributed by atoms with Crippen LogP contribution in [0.3, 0.4) is 0 Å². The Labute approximate surface area is 79.1 Å². The van der Waals surface area contributed by atoms with Gasteiger partial charge in [-0.05, 0) is 17.8 Å². The van der Waals surface area contributed by atoms with E-state index < -0.39 is 0 Å². The second-order valence-corrected chi connectivity index (χ2v) is 4.89. The maximum atomic E-state index is 11.2. The zero-order valence-electron chi connectivity index (χ0n) is 8.18. The fourth-order valence-corrected chi connectivity index (χ4v) is 2.51. The molecular weight excluding hydrogens is 164 g/mol. The molecule has 3 heteroatoms. The molecule has 74 valence electrons. The second-order valence-electron chi connectivity index (χ2n) is 4.89. The number of hydrogen-bond acceptors (Lipinski definition) is 2. The summed E-state index contributed by atoms with van der Waals surface area (Å²) in [6, 6.07) is 0. The molecule has 0 aromatic heterocycles. The van der Waals surface area contributed by atoms with Crippen molar-refractivity contribution in [3.05, 3.63) is 0 Å². The summed E-state index contributed by atoms with van der Waals surface area (Å²) in [5, 5.41) is 3.28. The quantitative estimate of drug-likeness (QED) is 0.667. The van der Waals surface area contributed by atoms with Gasteiger partial charge in [0.25, 0.3) is 0 Å². The van der Waals surface area contributed by atoms with Crippen molar-refractivity contribution in [3.63, 3.8) is 0 Å². The predicted molar refractivity (Wildman–Crippen MR) is 51.0 cm³/mol. The minimum atomic E-state index is -0.131. The Morgan fingerprint density at radius 1 is 1.62 bits per heavy atom. The molecule has 1 amide bonds. The van der Waals surface area contributed by atoms with Crippen molar-refractivity contribution >= 4 is 5.91 Å². The number of primary amides is 1. The van der Waals surface area contributed by atoms with Crippen molar-refractivity contribution in [2.75, 3.05) is 13.1 Å². The first-order valence-electron chi connectivity index (χ1n) is 5.12. The molecule has 1 aliphatic heterocycles. The van der Waals surface area contributed by atoms with Gasteiger partial charge in [-0.25, -0.2) is 0 Å². The number of hydrogen-bond donors (Lipinski definition) is 2. The molecule has 1 aliphatic carbocycles. The van der Waals surface area contributed by atoms with E-state index in [9.17, 15) is 4.79 Å². The summed E-state index contributed by atoms with van der Waals surface area (Å²) in [5.74, 6) is 0.785. The smallest absolute Gasteiger partial charge is 0.222 e. The molecule has 1 saturated carbocycles. The van der Waals surface area contributed by atoms with Gasteiger partial charge >= 0.3 is 0 Å². The highest BCUT2D eigenvalue weighted by Crippen LogP contribution is 2.45. The minimum Gasteiger partial charge on any atom is -0.369 e. The van der Waals surface area contributed by atoms with Crippen molar-refractivity contribution in [2.24, 2.45) is 23.0 Å². The molecule has 2 aliphatic rings. The number of nitrogens with two attached hydrogens (primary N) is 1. The monoisotopic (exact) mass is 182 g/mol. The maximum absolute atomic E-state index is 11.2. The lowest BCUT2D eigenvalue weighted by atomic mass is 9.75. The van der Waals surface area contributed by atoms with Crippen LogP contribution < -0.4 is 11.1 Å². The Bertz CT molecular complexity index is 225. The van der Waals surface area contributed by atoms with E-state index in [-0.39, 0.29) is 17.2 Å². The van der Waals surface area contributed by atoms with Gasteiger partial charge in [0.2, 0.25) is 5.91 Å². The van der Waals surface area contributed by atoms with Gasteiger partial charge < -0.3 is 11.1 Å². The first kappa shape index (κ1) is 9.00. The Hall–Kier alpha value is -0.570. The molecule has 0 spiro atoms. The molecule has 0 bridgehead atoms. The maximum Gasteiger partial charge on any atom is 0.222 e. The van der Waals surface area contributed by atoms with Crippen LogP contribution in [0.5, 0.6) is 0 Å². The van der Waals surface area contributed by atoms with Gasteiger partial charge in [0.1, 0.15) is 0 Å². The van der Waals surface area contributed by atoms with E-state index in [0.29, 0.717) is 0 Å². The Kier molecular flexibility index (Phi) is 2.06. The van der Waals surface area contributed by atoms with E-state index in [4.69, 9.17) is 5.73 Å². The van der Waals surface area contributed by atoms with E-state index in [1.807, 2.05) is 0 Å². The van der Waals surface area contributed by atoms with Crippen LogP contribution in [0.1, 0.15) is 26.2 Å². The van der Waals surface area contributed by atoms with Gasteiger partial charge in [0.05, 0.1) is 5.92 Å². The van der Waals surface area contributed by atoms with E-state index in [2.05, 4.69) is 12.2 Å². The molecule has 2 atom stereocenters. The third kappa shape index (κ3) is 1.70. The zero-order chi connectivity index (χ0) is 9.47. The first-order chi connectivity index (χ1) is 6.12. The Morgan fingerprint density at radius 3 is 2.85 bits per heavy atom. The number of nitrogens with one attached hydrogen (secondary N) is 1. The lowest BCUT2D eigenvalue weighted by molar-refractivity contribution is -0.124. The highest BCUT2D eigenvalue weighted by Gasteiger charge is 2.44. The summed E-state index contributed by atoms with van der Waals surface area (Å²) >= 11 is 0. The Balaban J connectivity index is 2.04. The van der Waals surface area contributed by atoms with Gasteiger partial charge in [-0.2, -0.15) is 0 Å². The van der Waals surface area contributed by atoms with Crippen molar-refractivity contribution in [1.82, 2.24) is 5.32 Å². The van der Waals surface area contributed by atoms with Crippen LogP contribution >= 0.6 is 0 Å². The normalized spacial score (nSPS) is 39.3. The van der Waals surface area contributed by atoms with Crippen molar-refractivity contribution < 1.29 is 4.79 Å². The van der Waals surface area contributed by atoms with Gasteiger partial charge in [-0.1, -0.05) is 19.8 Å². The fraction of sp³-hybridized carbons (Fsp3) is 0.900. The number of carbonyl (C=O) groups excluding carboxylic acids is 1. The van der Waals surface area contributed by atoms with Gasteiger partial charge in [0.15, 0.2) is 0 Å². The van der Waals surface area contributed by atoms with Crippen molar-refractivity contribution in [3.8, 4) is 0 Å². The molecule has 0 aromatic carbocycles. The topological polar surface area (TPSA) is 55.1 Å². The molecule has 1 saturated heterocycles. The highest BCUT2D eigenvalue weighted by atomic mass is 16.1. The average Bonchev–Trinajstić information content (AvgIpc) is 2.72. The molecule has 13 heavy (non-hydrogen) atoms. The minimum absolute atomic E-state index is 0.0492. The number of carbonyl (C=O) groups is 1. The molecule has 2 unspecified atom stereocenters. The summed E-state index contributed by atoms with van der Waals surface area (Å²) in [6.07, 6.45) is 3.87. The molecule has 1 heterocycles. The summed E-state index contributed by atoms with van der Waals surface area (Å²) in [4.78, 5) is 11.2. The molecule has 3 N–H and O–H groups in total. The van der Waals surface area contributed by atoms with Crippen LogP contribution in [0, 0.1) is 17.3 Å². The molecule has 2 fully saturated rings. The number of amides is 1. The fourth-order valence-electron chi connectivity index (χ4n) is 2.51. The van der Waals surface area contributed by atoms with Crippen LogP contribution in [0.4, 0.5) is 0 Å². The third-order valence-corrected chi connectivity index (χ3v) is 3.51. The largest absolute Gasteiger partial charge is 0.369 e. The van der Waals surface area contributed by atoms with E-state index >= 15 is 0 Å². The molecule has 0 radical (unpaired) electrons. The van der Waals surface area contributed by atoms with Crippen LogP contribution in [-0.4, -0.2) is 19.0 Å². The van der Waals surface area contributed by atoms with E-state index in [1.165, 1.54) is 19.3 Å². The van der Waals surface area contributed by atoms with Gasteiger partial charge in [-0.15, -0.1) is 0 Å². The summed E-state index contributed by atoms with van der Waals surface area (Å²) in [6.45, 7) is 3.93. The lowest BCUT2D eigenvalue weighted by Crippen LogP contribution is -2.36. The summed E-state index contributed by atoms with van der Waals surface area (Å²) in [5.41, 5.74) is 5.52. The molecule has 3 nitrogen and oxygen atoms in total. The van der Waals surface area contributed by atoms with E-state index in [1.54, 1.807) is 0 Å². The second kappa shape index (κ2) is 2.98. The first-order valence-corrected chi connectivity index (χ1v) is 5.12. The average molecular weight is 182 g/mol. The SMILES string of the molecule is CC1(CC2CC2)CNCC1C(N)=O. The van der Waals surface area contributed by atoms with E-state index in [0.717, 1.165) is 19.0 Å². The zero-order valence-corrected chi connectivity index (χ0v) is 8.18. The van der Waals surface area contributed by atoms with Crippen LogP contribution in [-0.2, 0) is 4.79 Å². The summed E-state index contributed by atoms with van der Waals surface area (Å²) < 4.78 is 0. The highest BCUT2D eigenvalue weighted by molar-refractivity contribution is 5.78. The standard InChI is InChI=1S/C10H18N2O/c1-10(4-7-2-3-7)6-12-5-8(10)9(11)13/h7-8,12H,2-6H2,1H3,(H2,11,13). The summed E-state index contributed by atoms with van der Waals surface area (Å²) in [7, 11) is 0. The van der Waals surface area contributed by atoms with Gasteiger partial charge in [-0.3, -0.25) is 4.79 Å². The van der Waals surface area contributed by atoms with Crippen molar-refractivity contribution in [2.45, 2.75) is 26.2 Å². The lowest BCUT2D eigenvalue weighted by Gasteiger charge is -2.28. The van der Waals surface area contributed by atoms with Crippen LogP contribution in [0.25, 0.3) is 0 Å².